The van der Waals surface area contributed by atoms with Crippen molar-refractivity contribution in [1.82, 2.24) is 15.1 Å². The first-order valence-corrected chi connectivity index (χ1v) is 8.23. The summed E-state index contributed by atoms with van der Waals surface area (Å²) in [7, 11) is 0. The van der Waals surface area contributed by atoms with Crippen LogP contribution in [0.3, 0.4) is 0 Å². The standard InChI is InChI=1S/C15H17BrFN3O3.ClH/c1-2-22-15(21)13(7-14-18-3-4-23-14)20-8-10-11(17)5-9(16)6-12(10)19-20;/h5-6,8,13-14,18H,2-4,7H2,1H3;1H. The van der Waals surface area contributed by atoms with Gasteiger partial charge < -0.3 is 9.47 Å². The van der Waals surface area contributed by atoms with Crippen molar-refractivity contribution >= 4 is 45.2 Å². The molecule has 1 fully saturated rings. The van der Waals surface area contributed by atoms with Gasteiger partial charge in [0.2, 0.25) is 0 Å². The lowest BCUT2D eigenvalue weighted by atomic mass is 10.2. The SMILES string of the molecule is CCOC(=O)C(CC1NCCO1)n1cc2c(F)cc(Br)cc2n1.Cl. The van der Waals surface area contributed by atoms with Crippen molar-refractivity contribution in [2.24, 2.45) is 0 Å². The van der Waals surface area contributed by atoms with Gasteiger partial charge in [-0.05, 0) is 19.1 Å². The molecule has 2 atom stereocenters. The largest absolute Gasteiger partial charge is 0.464 e. The maximum absolute atomic E-state index is 14.0. The third kappa shape index (κ3) is 4.05. The fourth-order valence-corrected chi connectivity index (χ4v) is 3.03. The van der Waals surface area contributed by atoms with Crippen molar-refractivity contribution in [3.05, 3.63) is 28.6 Å². The Morgan fingerprint density at radius 1 is 1.62 bits per heavy atom. The number of hydrogen-bond donors (Lipinski definition) is 1. The zero-order chi connectivity index (χ0) is 16.4. The number of ether oxygens (including phenoxy) is 2. The van der Waals surface area contributed by atoms with Crippen LogP contribution in [0, 0.1) is 5.82 Å². The zero-order valence-electron chi connectivity index (χ0n) is 13.0. The van der Waals surface area contributed by atoms with Crippen molar-refractivity contribution in [2.45, 2.75) is 25.6 Å². The predicted molar refractivity (Wildman–Crippen MR) is 92.7 cm³/mol. The average molecular weight is 423 g/mol. The van der Waals surface area contributed by atoms with Gasteiger partial charge in [0, 0.05) is 23.6 Å². The third-order valence-electron chi connectivity index (χ3n) is 3.67. The second-order valence-corrected chi connectivity index (χ2v) is 6.16. The number of hydrogen-bond acceptors (Lipinski definition) is 5. The topological polar surface area (TPSA) is 65.4 Å². The Kier molecular flexibility index (Phi) is 6.56. The van der Waals surface area contributed by atoms with Gasteiger partial charge >= 0.3 is 5.97 Å². The van der Waals surface area contributed by atoms with Crippen LogP contribution in [-0.2, 0) is 14.3 Å². The van der Waals surface area contributed by atoms with Crippen LogP contribution < -0.4 is 5.32 Å². The molecule has 3 rings (SSSR count). The second-order valence-electron chi connectivity index (χ2n) is 5.25. The van der Waals surface area contributed by atoms with Crippen LogP contribution >= 0.6 is 28.3 Å². The van der Waals surface area contributed by atoms with Crippen LogP contribution in [0.25, 0.3) is 10.9 Å². The number of nitrogens with zero attached hydrogens (tertiary/aromatic N) is 2. The number of benzene rings is 1. The molecule has 1 aromatic heterocycles. The number of rotatable bonds is 5. The first-order valence-electron chi connectivity index (χ1n) is 7.44. The Morgan fingerprint density at radius 3 is 3.08 bits per heavy atom. The van der Waals surface area contributed by atoms with Crippen molar-refractivity contribution in [1.29, 1.82) is 0 Å². The predicted octanol–water partition coefficient (Wildman–Crippen LogP) is 2.80. The summed E-state index contributed by atoms with van der Waals surface area (Å²) in [6.45, 7) is 3.36. The van der Waals surface area contributed by atoms with Crippen molar-refractivity contribution in [3.8, 4) is 0 Å². The first-order chi connectivity index (χ1) is 11.1. The summed E-state index contributed by atoms with van der Waals surface area (Å²) in [6.07, 6.45) is 1.66. The van der Waals surface area contributed by atoms with E-state index in [1.54, 1.807) is 13.0 Å². The van der Waals surface area contributed by atoms with Crippen LogP contribution in [0.5, 0.6) is 0 Å². The highest BCUT2D eigenvalue weighted by Gasteiger charge is 2.29. The first kappa shape index (κ1) is 19.1. The summed E-state index contributed by atoms with van der Waals surface area (Å²) >= 11 is 3.24. The molecule has 1 aliphatic heterocycles. The van der Waals surface area contributed by atoms with Crippen molar-refractivity contribution in [2.75, 3.05) is 19.8 Å². The molecule has 0 saturated carbocycles. The van der Waals surface area contributed by atoms with Gasteiger partial charge in [-0.15, -0.1) is 12.4 Å². The van der Waals surface area contributed by atoms with Gasteiger partial charge in [-0.25, -0.2) is 9.18 Å². The summed E-state index contributed by atoms with van der Waals surface area (Å²) in [4.78, 5) is 12.3. The summed E-state index contributed by atoms with van der Waals surface area (Å²) in [5.74, 6) is -0.796. The minimum atomic E-state index is -0.670. The molecular weight excluding hydrogens is 405 g/mol. The molecule has 2 unspecified atom stereocenters. The molecular formula is C15H18BrClFN3O3. The smallest absolute Gasteiger partial charge is 0.331 e. The van der Waals surface area contributed by atoms with Gasteiger partial charge in [-0.1, -0.05) is 15.9 Å². The van der Waals surface area contributed by atoms with Gasteiger partial charge in [0.15, 0.2) is 6.04 Å². The number of carbonyl (C=O) groups is 1. The van der Waals surface area contributed by atoms with Gasteiger partial charge in [-0.3, -0.25) is 10.00 Å². The lowest BCUT2D eigenvalue weighted by Gasteiger charge is -2.19. The Bertz CT molecular complexity index is 721. The van der Waals surface area contributed by atoms with Crippen LogP contribution in [-0.4, -0.2) is 41.7 Å². The van der Waals surface area contributed by atoms with Crippen LogP contribution in [0.1, 0.15) is 19.4 Å². The average Bonchev–Trinajstić information content (AvgIpc) is 3.13. The Morgan fingerprint density at radius 2 is 2.42 bits per heavy atom. The van der Waals surface area contributed by atoms with Gasteiger partial charge in [-0.2, -0.15) is 5.10 Å². The highest BCUT2D eigenvalue weighted by molar-refractivity contribution is 9.10. The highest BCUT2D eigenvalue weighted by Crippen LogP contribution is 2.25. The molecule has 0 amide bonds. The lowest BCUT2D eigenvalue weighted by Crippen LogP contribution is -2.31. The number of nitrogens with one attached hydrogen (secondary N) is 1. The monoisotopic (exact) mass is 421 g/mol. The van der Waals surface area contributed by atoms with E-state index in [4.69, 9.17) is 9.47 Å². The molecule has 2 heterocycles. The van der Waals surface area contributed by atoms with Gasteiger partial charge in [0.05, 0.1) is 24.1 Å². The maximum atomic E-state index is 14.0. The Balaban J connectivity index is 0.00000208. The summed E-state index contributed by atoms with van der Waals surface area (Å²) in [5.41, 5.74) is 0.478. The molecule has 1 aromatic carbocycles. The van der Waals surface area contributed by atoms with E-state index in [2.05, 4.69) is 26.3 Å². The Hall–Kier alpha value is -1.22. The van der Waals surface area contributed by atoms with E-state index in [1.165, 1.54) is 16.9 Å². The molecule has 6 nitrogen and oxygen atoms in total. The molecule has 0 spiro atoms. The van der Waals surface area contributed by atoms with Crippen LogP contribution in [0.15, 0.2) is 22.8 Å². The molecule has 1 saturated heterocycles. The molecule has 0 aliphatic carbocycles. The fourth-order valence-electron chi connectivity index (χ4n) is 2.61. The molecule has 132 valence electrons. The summed E-state index contributed by atoms with van der Waals surface area (Å²) in [6, 6.07) is 2.41. The quantitative estimate of drug-likeness (QED) is 0.751. The number of esters is 1. The molecule has 2 aromatic rings. The molecule has 1 N–H and O–H groups in total. The minimum Gasteiger partial charge on any atom is -0.464 e. The molecule has 9 heteroatoms. The second kappa shape index (κ2) is 8.24. The molecule has 1 aliphatic rings. The zero-order valence-corrected chi connectivity index (χ0v) is 15.4. The number of fused-ring (bicyclic) bond motifs is 1. The van der Waals surface area contributed by atoms with E-state index in [-0.39, 0.29) is 25.2 Å². The van der Waals surface area contributed by atoms with E-state index < -0.39 is 17.8 Å². The lowest BCUT2D eigenvalue weighted by molar-refractivity contribution is -0.148. The third-order valence-corrected chi connectivity index (χ3v) is 4.12. The number of carbonyl (C=O) groups excluding carboxylic acids is 1. The Labute approximate surface area is 153 Å². The molecule has 0 bridgehead atoms. The molecule has 24 heavy (non-hydrogen) atoms. The van der Waals surface area contributed by atoms with E-state index in [0.717, 1.165) is 6.54 Å². The van der Waals surface area contributed by atoms with E-state index in [9.17, 15) is 9.18 Å². The normalized spacial score (nSPS) is 18.4. The van der Waals surface area contributed by atoms with E-state index in [0.29, 0.717) is 28.4 Å². The maximum Gasteiger partial charge on any atom is 0.331 e. The van der Waals surface area contributed by atoms with Crippen molar-refractivity contribution in [3.63, 3.8) is 0 Å². The summed E-state index contributed by atoms with van der Waals surface area (Å²) in [5, 5.41) is 7.86. The van der Waals surface area contributed by atoms with E-state index >= 15 is 0 Å². The van der Waals surface area contributed by atoms with Gasteiger partial charge in [0.25, 0.3) is 0 Å². The fraction of sp³-hybridized carbons (Fsp3) is 0.467. The number of aromatic nitrogens is 2. The van der Waals surface area contributed by atoms with E-state index in [1.807, 2.05) is 0 Å². The van der Waals surface area contributed by atoms with Gasteiger partial charge in [0.1, 0.15) is 12.0 Å². The highest BCUT2D eigenvalue weighted by atomic mass is 79.9. The molecule has 0 radical (unpaired) electrons. The number of halogens is 3. The van der Waals surface area contributed by atoms with Crippen LogP contribution in [0.2, 0.25) is 0 Å². The minimum absolute atomic E-state index is 0. The van der Waals surface area contributed by atoms with Crippen molar-refractivity contribution < 1.29 is 18.7 Å². The van der Waals surface area contributed by atoms with Crippen LogP contribution in [0.4, 0.5) is 4.39 Å². The summed E-state index contributed by atoms with van der Waals surface area (Å²) < 4.78 is 26.7.